The predicted octanol–water partition coefficient (Wildman–Crippen LogP) is 3.83. The fourth-order valence-electron chi connectivity index (χ4n) is 3.71. The highest BCUT2D eigenvalue weighted by atomic mass is 32.2. The van der Waals surface area contributed by atoms with Crippen LogP contribution in [0.1, 0.15) is 23.9 Å². The summed E-state index contributed by atoms with van der Waals surface area (Å²) in [4.78, 5) is 16.7. The third-order valence-electron chi connectivity index (χ3n) is 5.48. The molecule has 0 aliphatic carbocycles. The van der Waals surface area contributed by atoms with Crippen molar-refractivity contribution in [3.8, 4) is 11.4 Å². The molecule has 3 aromatic carbocycles. The molecule has 34 heavy (non-hydrogen) atoms. The minimum atomic E-state index is -3.92. The highest BCUT2D eigenvalue weighted by molar-refractivity contribution is 7.90. The van der Waals surface area contributed by atoms with Crippen molar-refractivity contribution in [3.05, 3.63) is 83.7 Å². The van der Waals surface area contributed by atoms with Gasteiger partial charge in [-0.25, -0.2) is 22.9 Å². The molecule has 3 N–H and O–H groups in total. The van der Waals surface area contributed by atoms with Gasteiger partial charge in [0.25, 0.3) is 10.0 Å². The Kier molecular flexibility index (Phi) is 6.56. The molecule has 4 aromatic rings. The number of nitrogens with zero attached hydrogens (tertiary/aromatic N) is 2. The Labute approximate surface area is 198 Å². The first kappa shape index (κ1) is 23.3. The molecule has 0 atom stereocenters. The molecule has 0 spiro atoms. The van der Waals surface area contributed by atoms with Gasteiger partial charge < -0.3 is 10.4 Å². The molecule has 0 fully saturated rings. The zero-order chi connectivity index (χ0) is 24.3. The Morgan fingerprint density at radius 2 is 1.74 bits per heavy atom. The number of amides is 2. The van der Waals surface area contributed by atoms with E-state index in [1.54, 1.807) is 24.3 Å². The average Bonchev–Trinajstić information content (AvgIpc) is 3.17. The summed E-state index contributed by atoms with van der Waals surface area (Å²) in [7, 11) is -3.92. The number of nitrogens with one attached hydrogen (secondary N) is 2. The summed E-state index contributed by atoms with van der Waals surface area (Å²) in [6, 6.07) is 18.5. The molecule has 0 radical (unpaired) electrons. The van der Waals surface area contributed by atoms with Crippen LogP contribution in [-0.2, 0) is 22.9 Å². The molecular weight excluding hydrogens is 452 g/mol. The van der Waals surface area contributed by atoms with E-state index in [-0.39, 0.29) is 17.2 Å². The van der Waals surface area contributed by atoms with Crippen LogP contribution in [0.15, 0.2) is 71.6 Å². The van der Waals surface area contributed by atoms with Gasteiger partial charge in [0.05, 0.1) is 15.9 Å². The lowest BCUT2D eigenvalue weighted by atomic mass is 10.1. The summed E-state index contributed by atoms with van der Waals surface area (Å²) in [5, 5.41) is 12.3. The fraction of sp³-hybridized carbons (Fsp3) is 0.200. The quantitative estimate of drug-likeness (QED) is 0.374. The smallest absolute Gasteiger partial charge is 0.328 e. The number of benzene rings is 3. The van der Waals surface area contributed by atoms with Crippen molar-refractivity contribution >= 4 is 27.1 Å². The third kappa shape index (κ3) is 5.04. The van der Waals surface area contributed by atoms with Crippen LogP contribution in [0.25, 0.3) is 16.7 Å². The van der Waals surface area contributed by atoms with Gasteiger partial charge in [-0.1, -0.05) is 36.8 Å². The van der Waals surface area contributed by atoms with Crippen molar-refractivity contribution in [2.45, 2.75) is 31.6 Å². The maximum Gasteiger partial charge on any atom is 0.328 e. The van der Waals surface area contributed by atoms with Gasteiger partial charge in [-0.05, 0) is 55.3 Å². The Morgan fingerprint density at radius 1 is 1.03 bits per heavy atom. The highest BCUT2D eigenvalue weighted by Gasteiger charge is 2.17. The number of aromatic nitrogens is 2. The van der Waals surface area contributed by atoms with Crippen LogP contribution in [-0.4, -0.2) is 35.7 Å². The number of sulfonamides is 1. The van der Waals surface area contributed by atoms with Crippen LogP contribution in [0.3, 0.4) is 0 Å². The average molecular weight is 479 g/mol. The van der Waals surface area contributed by atoms with Crippen molar-refractivity contribution < 1.29 is 18.3 Å². The minimum Gasteiger partial charge on any atom is -0.508 e. The molecule has 2 amide bonds. The van der Waals surface area contributed by atoms with Gasteiger partial charge in [-0.3, -0.25) is 4.57 Å². The Hall–Kier alpha value is -3.85. The molecular formula is C25H26N4O4S. The van der Waals surface area contributed by atoms with E-state index in [9.17, 15) is 18.3 Å². The molecule has 9 heteroatoms. The molecule has 0 aliphatic rings. The number of phenolic OH excluding ortho intramolecular Hbond substituents is 1. The molecule has 0 saturated heterocycles. The Bertz CT molecular complexity index is 1430. The number of fused-ring (bicyclic) bond motifs is 1. The molecule has 4 rings (SSSR count). The Balaban J connectivity index is 1.38. The topological polar surface area (TPSA) is 113 Å². The van der Waals surface area contributed by atoms with Crippen molar-refractivity contribution in [1.82, 2.24) is 19.6 Å². The van der Waals surface area contributed by atoms with E-state index in [4.69, 9.17) is 0 Å². The summed E-state index contributed by atoms with van der Waals surface area (Å²) >= 11 is 0. The number of phenols is 1. The lowest BCUT2D eigenvalue weighted by molar-refractivity contribution is 0.246. The first-order valence-electron chi connectivity index (χ1n) is 10.9. The van der Waals surface area contributed by atoms with Crippen molar-refractivity contribution in [2.24, 2.45) is 0 Å². The SMILES string of the molecule is CCc1nc2cc(O)ccc2n1-c1ccc(CCNC(=O)NS(=O)(=O)c2ccc(C)cc2)cc1. The number of imidazole rings is 1. The first-order valence-corrected chi connectivity index (χ1v) is 12.4. The van der Waals surface area contributed by atoms with Gasteiger partial charge in [-0.2, -0.15) is 0 Å². The maximum absolute atomic E-state index is 12.3. The third-order valence-corrected chi connectivity index (χ3v) is 6.82. The van der Waals surface area contributed by atoms with Crippen molar-refractivity contribution in [3.63, 3.8) is 0 Å². The minimum absolute atomic E-state index is 0.0394. The lowest BCUT2D eigenvalue weighted by Gasteiger charge is -2.11. The van der Waals surface area contributed by atoms with E-state index in [0.29, 0.717) is 6.42 Å². The van der Waals surface area contributed by atoms with E-state index >= 15 is 0 Å². The van der Waals surface area contributed by atoms with Gasteiger partial charge in [0, 0.05) is 24.7 Å². The Morgan fingerprint density at radius 3 is 2.41 bits per heavy atom. The van der Waals surface area contributed by atoms with Gasteiger partial charge in [0.2, 0.25) is 0 Å². The zero-order valence-corrected chi connectivity index (χ0v) is 19.8. The molecule has 0 saturated carbocycles. The molecule has 0 unspecified atom stereocenters. The van der Waals surface area contributed by atoms with Crippen LogP contribution in [0.4, 0.5) is 4.79 Å². The van der Waals surface area contributed by atoms with Crippen molar-refractivity contribution in [1.29, 1.82) is 0 Å². The summed E-state index contributed by atoms with van der Waals surface area (Å²) < 4.78 is 28.7. The van der Waals surface area contributed by atoms with E-state index in [2.05, 4.69) is 14.9 Å². The van der Waals surface area contributed by atoms with Crippen molar-refractivity contribution in [2.75, 3.05) is 6.54 Å². The zero-order valence-electron chi connectivity index (χ0n) is 18.9. The monoisotopic (exact) mass is 478 g/mol. The number of carbonyl (C=O) groups is 1. The molecule has 8 nitrogen and oxygen atoms in total. The molecule has 176 valence electrons. The van der Waals surface area contributed by atoms with Gasteiger partial charge in [0.1, 0.15) is 11.6 Å². The second-order valence-electron chi connectivity index (χ2n) is 7.98. The largest absolute Gasteiger partial charge is 0.508 e. The lowest BCUT2D eigenvalue weighted by Crippen LogP contribution is -2.40. The second kappa shape index (κ2) is 9.56. The fourth-order valence-corrected chi connectivity index (χ4v) is 4.64. The van der Waals surface area contributed by atoms with Gasteiger partial charge >= 0.3 is 6.03 Å². The maximum atomic E-state index is 12.3. The molecule has 1 heterocycles. The van der Waals surface area contributed by atoms with Crippen LogP contribution in [0.5, 0.6) is 5.75 Å². The van der Waals surface area contributed by atoms with E-state index in [1.807, 2.05) is 48.9 Å². The number of hydrogen-bond donors (Lipinski definition) is 3. The van der Waals surface area contributed by atoms with Gasteiger partial charge in [-0.15, -0.1) is 0 Å². The van der Waals surface area contributed by atoms with E-state index in [1.165, 1.54) is 12.1 Å². The summed E-state index contributed by atoms with van der Waals surface area (Å²) in [6.07, 6.45) is 1.28. The number of rotatable bonds is 7. The van der Waals surface area contributed by atoms with Crippen LogP contribution >= 0.6 is 0 Å². The number of aromatic hydroxyl groups is 1. The number of aryl methyl sites for hydroxylation is 2. The highest BCUT2D eigenvalue weighted by Crippen LogP contribution is 2.25. The molecule has 0 aliphatic heterocycles. The summed E-state index contributed by atoms with van der Waals surface area (Å²) in [5.74, 6) is 1.07. The number of urea groups is 1. The second-order valence-corrected chi connectivity index (χ2v) is 9.66. The summed E-state index contributed by atoms with van der Waals surface area (Å²) in [6.45, 7) is 4.17. The van der Waals surface area contributed by atoms with Crippen LogP contribution < -0.4 is 10.0 Å². The normalized spacial score (nSPS) is 11.5. The number of carbonyl (C=O) groups excluding carboxylic acids is 1. The van der Waals surface area contributed by atoms with E-state index in [0.717, 1.165) is 40.1 Å². The predicted molar refractivity (Wildman–Crippen MR) is 131 cm³/mol. The molecule has 0 bridgehead atoms. The van der Waals surface area contributed by atoms with Gasteiger partial charge in [0.15, 0.2) is 0 Å². The standard InChI is InChI=1S/C25H26N4O4S/c1-3-24-27-22-16-20(30)10-13-23(22)29(24)19-8-6-18(7-9-19)14-15-26-25(31)28-34(32,33)21-11-4-17(2)5-12-21/h4-13,16,30H,3,14-15H2,1-2H3,(H2,26,28,31). The summed E-state index contributed by atoms with van der Waals surface area (Å²) in [5.41, 5.74) is 4.52. The number of hydrogen-bond acceptors (Lipinski definition) is 5. The van der Waals surface area contributed by atoms with E-state index < -0.39 is 16.1 Å². The van der Waals surface area contributed by atoms with Crippen LogP contribution in [0.2, 0.25) is 0 Å². The first-order chi connectivity index (χ1) is 16.3. The molecule has 1 aromatic heterocycles. The van der Waals surface area contributed by atoms with Crippen LogP contribution in [0, 0.1) is 6.92 Å².